The lowest BCUT2D eigenvalue weighted by molar-refractivity contribution is -0.401. The van der Waals surface area contributed by atoms with Crippen LogP contribution >= 0.6 is 15.9 Å². The number of halogens is 5. The minimum atomic E-state index is -6.00. The molecule has 1 aromatic heterocycles. The first-order valence-corrected chi connectivity index (χ1v) is 9.53. The Morgan fingerprint density at radius 2 is 1.53 bits per heavy atom. The van der Waals surface area contributed by atoms with Gasteiger partial charge in [-0.15, -0.1) is 0 Å². The molecule has 0 saturated heterocycles. The van der Waals surface area contributed by atoms with E-state index in [1.165, 1.54) is 0 Å². The van der Waals surface area contributed by atoms with Gasteiger partial charge in [0, 0.05) is 16.1 Å². The number of hydrogen-bond acceptors (Lipinski definition) is 2. The van der Waals surface area contributed by atoms with Crippen molar-refractivity contribution in [1.82, 2.24) is 0 Å². The average molecular weight is 480 g/mol. The molecule has 1 heterocycles. The Morgan fingerprint density at radius 1 is 0.833 bits per heavy atom. The number of aromatic hydroxyl groups is 1. The van der Waals surface area contributed by atoms with Crippen LogP contribution in [-0.2, 0) is 0 Å². The van der Waals surface area contributed by atoms with E-state index < -0.39 is 7.25 Å². The fourth-order valence-corrected chi connectivity index (χ4v) is 3.11. The quantitative estimate of drug-likeness (QED) is 0.307. The molecule has 0 amide bonds. The summed E-state index contributed by atoms with van der Waals surface area (Å²) in [6.45, 7) is 0. The third-order valence-electron chi connectivity index (χ3n) is 3.91. The summed E-state index contributed by atoms with van der Waals surface area (Å²) < 4.78 is 46.1. The first-order chi connectivity index (χ1) is 14.2. The second-order valence-corrected chi connectivity index (χ2v) is 7.12. The first kappa shape index (κ1) is 21.6. The second-order valence-electron chi connectivity index (χ2n) is 6.20. The van der Waals surface area contributed by atoms with E-state index in [0.29, 0.717) is 0 Å². The molecule has 0 unspecified atom stereocenters. The number of phenolic OH excluding ortho intramolecular Hbond substituents is 1. The molecule has 0 aliphatic rings. The van der Waals surface area contributed by atoms with Crippen LogP contribution in [0.2, 0.25) is 0 Å². The van der Waals surface area contributed by atoms with Crippen molar-refractivity contribution < 1.29 is 31.8 Å². The highest BCUT2D eigenvalue weighted by Crippen LogP contribution is 2.23. The van der Waals surface area contributed by atoms with Crippen LogP contribution in [-0.4, -0.2) is 12.4 Å². The standard InChI is InChI=1S/C21H14BrNO2.BF4/c22-15-9-10-20-18(11-15)19(23-16-7-4-8-17(24)12-16)13-21(25-20)14-5-2-1-3-6-14;2-1(3,4)5/h1-13,24H;/q;-1/p+1. The van der Waals surface area contributed by atoms with E-state index in [2.05, 4.69) is 20.9 Å². The Hall–Kier alpha value is -3.07. The van der Waals surface area contributed by atoms with Crippen molar-refractivity contribution in [3.63, 3.8) is 0 Å². The molecule has 0 aliphatic heterocycles. The largest absolute Gasteiger partial charge is 0.673 e. The molecule has 0 fully saturated rings. The molecular weight excluding hydrogens is 465 g/mol. The first-order valence-electron chi connectivity index (χ1n) is 8.74. The number of benzene rings is 3. The van der Waals surface area contributed by atoms with Gasteiger partial charge < -0.3 is 26.8 Å². The Labute approximate surface area is 177 Å². The normalized spacial score (nSPS) is 11.8. The third kappa shape index (κ3) is 6.22. The molecule has 0 radical (unpaired) electrons. The predicted molar refractivity (Wildman–Crippen MR) is 111 cm³/mol. The maximum atomic E-state index is 9.75. The van der Waals surface area contributed by atoms with Crippen LogP contribution in [0.4, 0.5) is 23.0 Å². The van der Waals surface area contributed by atoms with Gasteiger partial charge in [0.2, 0.25) is 11.0 Å². The number of fused-ring (bicyclic) bond motifs is 1. The molecule has 30 heavy (non-hydrogen) atoms. The molecule has 0 saturated carbocycles. The summed E-state index contributed by atoms with van der Waals surface area (Å²) in [5.41, 5.74) is 2.60. The molecule has 2 N–H and O–H groups in total. The van der Waals surface area contributed by atoms with Gasteiger partial charge in [-0.05, 0) is 24.3 Å². The van der Waals surface area contributed by atoms with Gasteiger partial charge in [0.15, 0.2) is 0 Å². The molecule has 4 aromatic rings. The van der Waals surface area contributed by atoms with E-state index in [9.17, 15) is 22.4 Å². The molecular formula is C21H15BBrF4NO2. The maximum absolute atomic E-state index is 9.75. The number of rotatable bonds is 2. The number of nitrogens with one attached hydrogen (secondary N) is 1. The minimum Gasteiger partial charge on any atom is -0.508 e. The zero-order valence-corrected chi connectivity index (χ0v) is 16.9. The summed E-state index contributed by atoms with van der Waals surface area (Å²) in [7, 11) is -6.00. The van der Waals surface area contributed by atoms with Crippen LogP contribution in [0.25, 0.3) is 22.3 Å². The van der Waals surface area contributed by atoms with E-state index in [-0.39, 0.29) is 5.75 Å². The zero-order chi connectivity index (χ0) is 21.7. The Bertz CT molecular complexity index is 1220. The molecule has 0 atom stereocenters. The molecule has 0 bridgehead atoms. The molecule has 3 nitrogen and oxygen atoms in total. The fourth-order valence-electron chi connectivity index (χ4n) is 2.75. The van der Waals surface area contributed by atoms with Crippen molar-refractivity contribution in [2.75, 3.05) is 0 Å². The van der Waals surface area contributed by atoms with Crippen molar-refractivity contribution in [3.8, 4) is 17.1 Å². The van der Waals surface area contributed by atoms with Crippen LogP contribution in [0, 0.1) is 0 Å². The molecule has 4 rings (SSSR count). The minimum absolute atomic E-state index is 0.222. The van der Waals surface area contributed by atoms with Gasteiger partial charge in [0.05, 0.1) is 17.5 Å². The lowest BCUT2D eigenvalue weighted by Crippen LogP contribution is -2.70. The third-order valence-corrected chi connectivity index (χ3v) is 4.40. The van der Waals surface area contributed by atoms with E-state index in [0.717, 1.165) is 37.8 Å². The smallest absolute Gasteiger partial charge is 0.508 e. The Balaban J connectivity index is 0.000000461. The maximum Gasteiger partial charge on any atom is 0.673 e. The summed E-state index contributed by atoms with van der Waals surface area (Å²) in [5, 5.41) is 11.6. The van der Waals surface area contributed by atoms with Gasteiger partial charge in [-0.1, -0.05) is 52.3 Å². The highest BCUT2D eigenvalue weighted by molar-refractivity contribution is 9.10. The van der Waals surface area contributed by atoms with Gasteiger partial charge >= 0.3 is 7.25 Å². The predicted octanol–water partition coefficient (Wildman–Crippen LogP) is 5.18. The van der Waals surface area contributed by atoms with Crippen molar-refractivity contribution in [3.05, 3.63) is 88.7 Å². The number of phenols is 1. The summed E-state index contributed by atoms with van der Waals surface area (Å²) in [6, 6.07) is 24.9. The highest BCUT2D eigenvalue weighted by Gasteiger charge is 2.20. The van der Waals surface area contributed by atoms with Crippen molar-refractivity contribution >= 4 is 39.8 Å². The van der Waals surface area contributed by atoms with E-state index in [4.69, 9.17) is 4.42 Å². The fraction of sp³-hybridized carbons (Fsp3) is 0. The Kier molecular flexibility index (Phi) is 6.61. The molecule has 3 aromatic carbocycles. The molecule has 154 valence electrons. The van der Waals surface area contributed by atoms with Crippen LogP contribution in [0.3, 0.4) is 0 Å². The average Bonchev–Trinajstić information content (AvgIpc) is 2.68. The highest BCUT2D eigenvalue weighted by atomic mass is 79.9. The summed E-state index contributed by atoms with van der Waals surface area (Å²) in [4.78, 5) is 3.38. The van der Waals surface area contributed by atoms with Crippen LogP contribution in [0.15, 0.2) is 87.8 Å². The van der Waals surface area contributed by atoms with Crippen LogP contribution in [0.5, 0.6) is 5.75 Å². The molecule has 9 heteroatoms. The van der Waals surface area contributed by atoms with Gasteiger partial charge in [0.25, 0.3) is 0 Å². The lowest BCUT2D eigenvalue weighted by Gasteiger charge is -2.03. The van der Waals surface area contributed by atoms with Crippen molar-refractivity contribution in [1.29, 1.82) is 0 Å². The summed E-state index contributed by atoms with van der Waals surface area (Å²) >= 11 is 3.52. The summed E-state index contributed by atoms with van der Waals surface area (Å²) in [6.07, 6.45) is 0. The topological polar surface area (TPSA) is 47.3 Å². The Morgan fingerprint density at radius 3 is 2.20 bits per heavy atom. The van der Waals surface area contributed by atoms with Gasteiger partial charge in [-0.25, -0.2) is 4.99 Å². The van der Waals surface area contributed by atoms with Crippen LogP contribution < -0.4 is 10.3 Å². The van der Waals surface area contributed by atoms with Gasteiger partial charge in [0.1, 0.15) is 17.1 Å². The lowest BCUT2D eigenvalue weighted by atomic mass is 10.1. The SMILES string of the molecule is F[B-](F)(F)F.Oc1cccc([NH+]=c2cc(-c3ccccc3)oc3ccc(Br)cc23)c1. The molecule has 0 spiro atoms. The summed E-state index contributed by atoms with van der Waals surface area (Å²) in [5.74, 6) is 0.998. The van der Waals surface area contributed by atoms with E-state index in [1.54, 1.807) is 18.2 Å². The van der Waals surface area contributed by atoms with Crippen molar-refractivity contribution in [2.24, 2.45) is 0 Å². The van der Waals surface area contributed by atoms with E-state index >= 15 is 0 Å². The molecule has 0 aliphatic carbocycles. The second kappa shape index (κ2) is 9.17. The van der Waals surface area contributed by atoms with E-state index in [1.807, 2.05) is 60.7 Å². The zero-order valence-electron chi connectivity index (χ0n) is 15.3. The van der Waals surface area contributed by atoms with Crippen LogP contribution in [0.1, 0.15) is 0 Å². The number of hydrogen-bond donors (Lipinski definition) is 2. The van der Waals surface area contributed by atoms with Gasteiger partial charge in [-0.3, -0.25) is 0 Å². The monoisotopic (exact) mass is 479 g/mol. The van der Waals surface area contributed by atoms with Crippen molar-refractivity contribution in [2.45, 2.75) is 0 Å². The van der Waals surface area contributed by atoms with Gasteiger partial charge in [-0.2, -0.15) is 0 Å².